The first-order valence-electron chi connectivity index (χ1n) is 6.33. The Morgan fingerprint density at radius 3 is 2.80 bits per heavy atom. The predicted molar refractivity (Wildman–Crippen MR) is 69.9 cm³/mol. The van der Waals surface area contributed by atoms with Gasteiger partial charge in [-0.05, 0) is 12.8 Å². The van der Waals surface area contributed by atoms with Crippen LogP contribution >= 0.6 is 0 Å². The molecule has 0 spiro atoms. The third kappa shape index (κ3) is 5.11. The van der Waals surface area contributed by atoms with Crippen molar-refractivity contribution < 1.29 is 24.9 Å². The average molecular weight is 288 g/mol. The van der Waals surface area contributed by atoms with Gasteiger partial charge in [-0.3, -0.25) is 19.9 Å². The summed E-state index contributed by atoms with van der Waals surface area (Å²) in [6.07, 6.45) is -0.0951. The van der Waals surface area contributed by atoms with E-state index in [1.807, 2.05) is 0 Å². The molecule has 1 aliphatic heterocycles. The Labute approximate surface area is 115 Å². The van der Waals surface area contributed by atoms with Gasteiger partial charge in [-0.2, -0.15) is 0 Å². The molecule has 114 valence electrons. The number of hydrogen-bond acceptors (Lipinski definition) is 6. The van der Waals surface area contributed by atoms with Crippen LogP contribution in [-0.4, -0.2) is 64.5 Å². The molecule has 1 fully saturated rings. The van der Waals surface area contributed by atoms with Gasteiger partial charge in [-0.15, -0.1) is 0 Å². The molecule has 1 saturated heterocycles. The van der Waals surface area contributed by atoms with Gasteiger partial charge in [0.1, 0.15) is 12.1 Å². The molecule has 0 aromatic rings. The summed E-state index contributed by atoms with van der Waals surface area (Å²) in [7, 11) is 0. The monoisotopic (exact) mass is 288 g/mol. The SMILES string of the molecule is NC(CCCN=C1NC(=O)C(CC(O)CO)N1)C(=O)O. The van der Waals surface area contributed by atoms with E-state index in [2.05, 4.69) is 15.6 Å². The predicted octanol–water partition coefficient (Wildman–Crippen LogP) is -2.63. The highest BCUT2D eigenvalue weighted by molar-refractivity contribution is 6.06. The van der Waals surface area contributed by atoms with Crippen LogP contribution < -0.4 is 16.4 Å². The standard InChI is InChI=1S/C11H20N4O5/c12-7(10(19)20)2-1-3-13-11-14-8(9(18)15-11)4-6(17)5-16/h6-8,16-17H,1-5,12H2,(H,19,20)(H2,13,14,15,18). The van der Waals surface area contributed by atoms with Gasteiger partial charge in [0.15, 0.2) is 5.96 Å². The quantitative estimate of drug-likeness (QED) is 0.266. The van der Waals surface area contributed by atoms with E-state index >= 15 is 0 Å². The number of hydrogen-bond donors (Lipinski definition) is 6. The molecule has 9 nitrogen and oxygen atoms in total. The normalized spacial score (nSPS) is 23.2. The van der Waals surface area contributed by atoms with E-state index in [-0.39, 0.29) is 18.3 Å². The molecule has 0 radical (unpaired) electrons. The second-order valence-electron chi connectivity index (χ2n) is 4.58. The number of carbonyl (C=O) groups is 2. The zero-order chi connectivity index (χ0) is 15.1. The number of aliphatic hydroxyl groups is 2. The van der Waals surface area contributed by atoms with E-state index in [1.165, 1.54) is 0 Å². The van der Waals surface area contributed by atoms with Gasteiger partial charge in [0.05, 0.1) is 12.7 Å². The van der Waals surface area contributed by atoms with E-state index in [9.17, 15) is 14.7 Å². The van der Waals surface area contributed by atoms with Crippen molar-refractivity contribution in [1.29, 1.82) is 0 Å². The van der Waals surface area contributed by atoms with Crippen LogP contribution in [0.3, 0.4) is 0 Å². The summed E-state index contributed by atoms with van der Waals surface area (Å²) in [5, 5.41) is 31.9. The molecule has 3 unspecified atom stereocenters. The van der Waals surface area contributed by atoms with Crippen molar-refractivity contribution in [2.45, 2.75) is 37.5 Å². The molecular weight excluding hydrogens is 268 g/mol. The number of amides is 1. The molecule has 7 N–H and O–H groups in total. The molecule has 1 amide bonds. The Balaban J connectivity index is 2.33. The lowest BCUT2D eigenvalue weighted by Gasteiger charge is -2.11. The van der Waals surface area contributed by atoms with Gasteiger partial charge in [-0.1, -0.05) is 0 Å². The molecule has 1 heterocycles. The number of aliphatic imine (C=N–C) groups is 1. The lowest BCUT2D eigenvalue weighted by molar-refractivity contribution is -0.138. The maximum absolute atomic E-state index is 11.5. The average Bonchev–Trinajstić information content (AvgIpc) is 2.74. The van der Waals surface area contributed by atoms with Crippen molar-refractivity contribution in [2.75, 3.05) is 13.2 Å². The van der Waals surface area contributed by atoms with E-state index < -0.39 is 30.8 Å². The van der Waals surface area contributed by atoms with Gasteiger partial charge >= 0.3 is 5.97 Å². The summed E-state index contributed by atoms with van der Waals surface area (Å²) in [5.41, 5.74) is 5.34. The lowest BCUT2D eigenvalue weighted by Crippen LogP contribution is -2.34. The highest BCUT2D eigenvalue weighted by Crippen LogP contribution is 2.03. The fourth-order valence-electron chi connectivity index (χ4n) is 1.69. The molecule has 0 aromatic heterocycles. The molecule has 0 bridgehead atoms. The van der Waals surface area contributed by atoms with E-state index in [0.29, 0.717) is 19.4 Å². The van der Waals surface area contributed by atoms with Crippen LogP contribution in [-0.2, 0) is 9.59 Å². The van der Waals surface area contributed by atoms with Crippen molar-refractivity contribution in [2.24, 2.45) is 10.7 Å². The number of aliphatic carboxylic acids is 1. The number of nitrogens with one attached hydrogen (secondary N) is 2. The summed E-state index contributed by atoms with van der Waals surface area (Å²) in [6.45, 7) is -0.0795. The summed E-state index contributed by atoms with van der Waals surface area (Å²) in [4.78, 5) is 26.1. The van der Waals surface area contributed by atoms with Crippen LogP contribution in [0.2, 0.25) is 0 Å². The van der Waals surface area contributed by atoms with Crippen LogP contribution in [0.15, 0.2) is 4.99 Å². The van der Waals surface area contributed by atoms with Crippen LogP contribution in [0, 0.1) is 0 Å². The maximum Gasteiger partial charge on any atom is 0.320 e. The molecule has 9 heteroatoms. The lowest BCUT2D eigenvalue weighted by atomic mass is 10.1. The second kappa shape index (κ2) is 7.78. The summed E-state index contributed by atoms with van der Waals surface area (Å²) in [5.74, 6) is -1.09. The van der Waals surface area contributed by atoms with Gasteiger partial charge in [0.2, 0.25) is 5.91 Å². The maximum atomic E-state index is 11.5. The molecule has 3 atom stereocenters. The Morgan fingerprint density at radius 2 is 2.20 bits per heavy atom. The second-order valence-corrected chi connectivity index (χ2v) is 4.58. The minimum absolute atomic E-state index is 0.0885. The number of nitrogens with two attached hydrogens (primary N) is 1. The number of nitrogens with zero attached hydrogens (tertiary/aromatic N) is 1. The molecular formula is C11H20N4O5. The third-order valence-electron chi connectivity index (χ3n) is 2.85. The Kier molecular flexibility index (Phi) is 6.36. The van der Waals surface area contributed by atoms with Crippen LogP contribution in [0.1, 0.15) is 19.3 Å². The topological polar surface area (TPSA) is 157 Å². The van der Waals surface area contributed by atoms with Crippen molar-refractivity contribution in [3.8, 4) is 0 Å². The van der Waals surface area contributed by atoms with Crippen molar-refractivity contribution in [1.82, 2.24) is 10.6 Å². The number of carbonyl (C=O) groups excluding carboxylic acids is 1. The minimum Gasteiger partial charge on any atom is -0.480 e. The number of guanidine groups is 1. The largest absolute Gasteiger partial charge is 0.480 e. The zero-order valence-corrected chi connectivity index (χ0v) is 11.0. The van der Waals surface area contributed by atoms with Crippen LogP contribution in [0.5, 0.6) is 0 Å². The highest BCUT2D eigenvalue weighted by atomic mass is 16.4. The first kappa shape index (κ1) is 16.3. The number of carboxylic acids is 1. The number of aliphatic hydroxyl groups excluding tert-OH is 2. The molecule has 1 rings (SSSR count). The highest BCUT2D eigenvalue weighted by Gasteiger charge is 2.29. The Hall–Kier alpha value is -1.71. The van der Waals surface area contributed by atoms with Crippen molar-refractivity contribution >= 4 is 17.8 Å². The summed E-state index contributed by atoms with van der Waals surface area (Å²) in [6, 6.07) is -1.54. The molecule has 0 aromatic carbocycles. The number of carboxylic acid groups (broad SMARTS) is 1. The smallest absolute Gasteiger partial charge is 0.320 e. The fourth-order valence-corrected chi connectivity index (χ4v) is 1.69. The Bertz CT molecular complexity index is 387. The van der Waals surface area contributed by atoms with Crippen LogP contribution in [0.4, 0.5) is 0 Å². The zero-order valence-electron chi connectivity index (χ0n) is 11.0. The van der Waals surface area contributed by atoms with Gasteiger partial charge in [0, 0.05) is 13.0 Å². The fraction of sp³-hybridized carbons (Fsp3) is 0.727. The minimum atomic E-state index is -1.05. The van der Waals surface area contributed by atoms with Crippen molar-refractivity contribution in [3.63, 3.8) is 0 Å². The molecule has 20 heavy (non-hydrogen) atoms. The molecule has 1 aliphatic rings. The first-order chi connectivity index (χ1) is 9.43. The van der Waals surface area contributed by atoms with Crippen LogP contribution in [0.25, 0.3) is 0 Å². The van der Waals surface area contributed by atoms with E-state index in [1.54, 1.807) is 0 Å². The number of rotatable bonds is 8. The third-order valence-corrected chi connectivity index (χ3v) is 2.85. The van der Waals surface area contributed by atoms with Gasteiger partial charge in [0.25, 0.3) is 0 Å². The van der Waals surface area contributed by atoms with E-state index in [0.717, 1.165) is 0 Å². The van der Waals surface area contributed by atoms with Crippen molar-refractivity contribution in [3.05, 3.63) is 0 Å². The van der Waals surface area contributed by atoms with Gasteiger partial charge in [-0.25, -0.2) is 0 Å². The van der Waals surface area contributed by atoms with E-state index in [4.69, 9.17) is 15.9 Å². The Morgan fingerprint density at radius 1 is 1.50 bits per heavy atom. The molecule has 0 saturated carbocycles. The summed E-state index contributed by atoms with van der Waals surface area (Å²) >= 11 is 0. The first-order valence-corrected chi connectivity index (χ1v) is 6.33. The molecule has 0 aliphatic carbocycles. The summed E-state index contributed by atoms with van der Waals surface area (Å²) < 4.78 is 0. The van der Waals surface area contributed by atoms with Gasteiger partial charge < -0.3 is 26.4 Å².